The summed E-state index contributed by atoms with van der Waals surface area (Å²) in [5, 5.41) is 7.85. The summed E-state index contributed by atoms with van der Waals surface area (Å²) in [7, 11) is 0. The second-order valence-electron chi connectivity index (χ2n) is 4.17. The van der Waals surface area contributed by atoms with Crippen molar-refractivity contribution in [3.63, 3.8) is 0 Å². The molecule has 2 rings (SSSR count). The average Bonchev–Trinajstić information content (AvgIpc) is 2.95. The molecule has 1 heterocycles. The Labute approximate surface area is 96.3 Å². The van der Waals surface area contributed by atoms with Crippen LogP contribution in [0.25, 0.3) is 0 Å². The number of likely N-dealkylation sites (N-methyl/N-ethyl adjacent to an activating group) is 1. The van der Waals surface area contributed by atoms with E-state index in [0.717, 1.165) is 19.1 Å². The van der Waals surface area contributed by atoms with Crippen molar-refractivity contribution in [3.8, 4) is 0 Å². The number of hydrogen-bond donors (Lipinski definition) is 1. The van der Waals surface area contributed by atoms with Crippen molar-refractivity contribution in [3.05, 3.63) is 22.4 Å². The van der Waals surface area contributed by atoms with Crippen LogP contribution in [0.15, 0.2) is 16.8 Å². The number of nitrogens with one attached hydrogen (secondary N) is 1. The molecule has 0 bridgehead atoms. The second-order valence-corrected chi connectivity index (χ2v) is 4.95. The van der Waals surface area contributed by atoms with Crippen molar-refractivity contribution < 1.29 is 0 Å². The van der Waals surface area contributed by atoms with Crippen LogP contribution in [0.2, 0.25) is 0 Å². The molecule has 1 aromatic rings. The average molecular weight is 224 g/mol. The molecular formula is C12H20N2S. The van der Waals surface area contributed by atoms with Gasteiger partial charge in [-0.1, -0.05) is 6.92 Å². The fraction of sp³-hybridized carbons (Fsp3) is 0.667. The minimum atomic E-state index is 0.901. The molecule has 1 saturated carbocycles. The molecule has 0 spiro atoms. The Kier molecular flexibility index (Phi) is 4.18. The molecule has 84 valence electrons. The van der Waals surface area contributed by atoms with Crippen LogP contribution < -0.4 is 5.32 Å². The second kappa shape index (κ2) is 5.64. The smallest absolute Gasteiger partial charge is 0.0214 e. The Morgan fingerprint density at radius 1 is 1.53 bits per heavy atom. The first-order valence-electron chi connectivity index (χ1n) is 5.86. The number of hydrogen-bond acceptors (Lipinski definition) is 3. The third-order valence-corrected chi connectivity index (χ3v) is 3.69. The zero-order valence-corrected chi connectivity index (χ0v) is 10.2. The molecule has 15 heavy (non-hydrogen) atoms. The van der Waals surface area contributed by atoms with Crippen molar-refractivity contribution >= 4 is 11.3 Å². The fourth-order valence-corrected chi connectivity index (χ4v) is 2.56. The predicted octanol–water partition coefficient (Wildman–Crippen LogP) is 2.32. The van der Waals surface area contributed by atoms with E-state index < -0.39 is 0 Å². The highest BCUT2D eigenvalue weighted by Gasteiger charge is 2.26. The van der Waals surface area contributed by atoms with Gasteiger partial charge in [-0.15, -0.1) is 0 Å². The summed E-state index contributed by atoms with van der Waals surface area (Å²) < 4.78 is 0. The van der Waals surface area contributed by atoms with Gasteiger partial charge in [-0.3, -0.25) is 4.90 Å². The first-order chi connectivity index (χ1) is 7.40. The molecule has 0 saturated heterocycles. The minimum Gasteiger partial charge on any atom is -0.311 e. The Bertz CT molecular complexity index is 267. The van der Waals surface area contributed by atoms with E-state index in [2.05, 4.69) is 34.0 Å². The molecule has 1 N–H and O–H groups in total. The topological polar surface area (TPSA) is 15.3 Å². The van der Waals surface area contributed by atoms with Crippen molar-refractivity contribution in [1.29, 1.82) is 0 Å². The monoisotopic (exact) mass is 224 g/mol. The van der Waals surface area contributed by atoms with Crippen molar-refractivity contribution in [2.45, 2.75) is 32.4 Å². The first kappa shape index (κ1) is 11.1. The van der Waals surface area contributed by atoms with E-state index in [-0.39, 0.29) is 0 Å². The molecule has 2 nitrogen and oxygen atoms in total. The Hall–Kier alpha value is -0.380. The first-order valence-corrected chi connectivity index (χ1v) is 6.80. The molecule has 1 aromatic heterocycles. The molecule has 0 aliphatic heterocycles. The van der Waals surface area contributed by atoms with E-state index in [9.17, 15) is 0 Å². The maximum absolute atomic E-state index is 3.50. The standard InChI is InChI=1S/C12H20N2S/c1-2-14(12-3-4-12)7-6-13-9-11-5-8-15-10-11/h5,8,10,12-13H,2-4,6-7,9H2,1H3. The molecule has 0 aromatic carbocycles. The Morgan fingerprint density at radius 3 is 3.00 bits per heavy atom. The lowest BCUT2D eigenvalue weighted by Crippen LogP contribution is -2.33. The van der Waals surface area contributed by atoms with E-state index in [1.165, 1.54) is 31.5 Å². The molecule has 1 aliphatic carbocycles. The lowest BCUT2D eigenvalue weighted by molar-refractivity contribution is 0.277. The lowest BCUT2D eigenvalue weighted by atomic mass is 10.3. The summed E-state index contributed by atoms with van der Waals surface area (Å²) in [6, 6.07) is 3.09. The molecule has 0 radical (unpaired) electrons. The lowest BCUT2D eigenvalue weighted by Gasteiger charge is -2.19. The van der Waals surface area contributed by atoms with Gasteiger partial charge in [-0.2, -0.15) is 11.3 Å². The minimum absolute atomic E-state index is 0.901. The van der Waals surface area contributed by atoms with Crippen LogP contribution in [0.5, 0.6) is 0 Å². The normalized spacial score (nSPS) is 16.1. The predicted molar refractivity (Wildman–Crippen MR) is 66.3 cm³/mol. The van der Waals surface area contributed by atoms with E-state index >= 15 is 0 Å². The summed E-state index contributed by atoms with van der Waals surface area (Å²) in [6.07, 6.45) is 2.83. The van der Waals surface area contributed by atoms with Crippen LogP contribution >= 0.6 is 11.3 Å². The van der Waals surface area contributed by atoms with Crippen LogP contribution in [0, 0.1) is 0 Å². The SMILES string of the molecule is CCN(CCNCc1ccsc1)C1CC1. The van der Waals surface area contributed by atoms with E-state index in [0.29, 0.717) is 0 Å². The van der Waals surface area contributed by atoms with Gasteiger partial charge in [-0.05, 0) is 41.8 Å². The van der Waals surface area contributed by atoms with Crippen LogP contribution in [0.1, 0.15) is 25.3 Å². The van der Waals surface area contributed by atoms with Gasteiger partial charge < -0.3 is 5.32 Å². The molecule has 0 unspecified atom stereocenters. The van der Waals surface area contributed by atoms with E-state index in [4.69, 9.17) is 0 Å². The third kappa shape index (κ3) is 3.59. The molecule has 1 fully saturated rings. The molecule has 0 amide bonds. The van der Waals surface area contributed by atoms with Gasteiger partial charge in [0.1, 0.15) is 0 Å². The quantitative estimate of drug-likeness (QED) is 0.715. The number of nitrogens with zero attached hydrogens (tertiary/aromatic N) is 1. The largest absolute Gasteiger partial charge is 0.311 e. The fourth-order valence-electron chi connectivity index (χ4n) is 1.89. The van der Waals surface area contributed by atoms with E-state index in [1.54, 1.807) is 11.3 Å². The zero-order chi connectivity index (χ0) is 10.5. The highest BCUT2D eigenvalue weighted by atomic mass is 32.1. The summed E-state index contributed by atoms with van der Waals surface area (Å²) >= 11 is 1.77. The molecule has 3 heteroatoms. The van der Waals surface area contributed by atoms with Crippen molar-refractivity contribution in [2.24, 2.45) is 0 Å². The van der Waals surface area contributed by atoms with Crippen LogP contribution in [-0.2, 0) is 6.54 Å². The van der Waals surface area contributed by atoms with Crippen LogP contribution in [0.4, 0.5) is 0 Å². The van der Waals surface area contributed by atoms with Gasteiger partial charge in [0, 0.05) is 25.7 Å². The van der Waals surface area contributed by atoms with Crippen LogP contribution in [0.3, 0.4) is 0 Å². The van der Waals surface area contributed by atoms with Gasteiger partial charge in [0.15, 0.2) is 0 Å². The maximum atomic E-state index is 3.50. The Balaban J connectivity index is 1.58. The highest BCUT2D eigenvalue weighted by Crippen LogP contribution is 2.25. The third-order valence-electron chi connectivity index (χ3n) is 2.95. The molecule has 1 aliphatic rings. The molecule has 0 atom stereocenters. The van der Waals surface area contributed by atoms with Crippen molar-refractivity contribution in [2.75, 3.05) is 19.6 Å². The Morgan fingerprint density at radius 2 is 2.40 bits per heavy atom. The summed E-state index contributed by atoms with van der Waals surface area (Å²) in [5.41, 5.74) is 1.41. The van der Waals surface area contributed by atoms with Crippen molar-refractivity contribution in [1.82, 2.24) is 10.2 Å². The summed E-state index contributed by atoms with van der Waals surface area (Å²) in [4.78, 5) is 2.58. The van der Waals surface area contributed by atoms with E-state index in [1.807, 2.05) is 0 Å². The van der Waals surface area contributed by atoms with Gasteiger partial charge >= 0.3 is 0 Å². The van der Waals surface area contributed by atoms with Crippen LogP contribution in [-0.4, -0.2) is 30.6 Å². The summed E-state index contributed by atoms with van der Waals surface area (Å²) in [6.45, 7) is 6.79. The molecular weight excluding hydrogens is 204 g/mol. The van der Waals surface area contributed by atoms with Gasteiger partial charge in [-0.25, -0.2) is 0 Å². The van der Waals surface area contributed by atoms with Gasteiger partial charge in [0.05, 0.1) is 0 Å². The van der Waals surface area contributed by atoms with Gasteiger partial charge in [0.2, 0.25) is 0 Å². The highest BCUT2D eigenvalue weighted by molar-refractivity contribution is 7.07. The number of rotatable bonds is 7. The maximum Gasteiger partial charge on any atom is 0.0214 e. The number of thiophene rings is 1. The zero-order valence-electron chi connectivity index (χ0n) is 9.41. The van der Waals surface area contributed by atoms with Gasteiger partial charge in [0.25, 0.3) is 0 Å². The summed E-state index contributed by atoms with van der Waals surface area (Å²) in [5.74, 6) is 0.